The Bertz CT molecular complexity index is 257. The first-order chi connectivity index (χ1) is 6.77. The van der Waals surface area contributed by atoms with Crippen LogP contribution in [0.3, 0.4) is 0 Å². The molecule has 0 aliphatic rings. The van der Waals surface area contributed by atoms with Gasteiger partial charge in [-0.3, -0.25) is 0 Å². The fourth-order valence-corrected chi connectivity index (χ4v) is 5.06. The molecule has 0 spiro atoms. The van der Waals surface area contributed by atoms with E-state index < -0.39 is 14.7 Å². The van der Waals surface area contributed by atoms with Crippen molar-refractivity contribution in [3.8, 4) is 0 Å². The summed E-state index contributed by atoms with van der Waals surface area (Å²) in [4.78, 5) is 0. The van der Waals surface area contributed by atoms with Gasteiger partial charge >= 0.3 is 88.5 Å². The summed E-state index contributed by atoms with van der Waals surface area (Å²) in [6.07, 6.45) is 0. The molecule has 0 saturated heterocycles. The quantitative estimate of drug-likeness (QED) is 0.512. The van der Waals surface area contributed by atoms with Crippen molar-refractivity contribution in [2.45, 2.75) is 10.4 Å². The molecule has 0 radical (unpaired) electrons. The van der Waals surface area contributed by atoms with Gasteiger partial charge in [0.1, 0.15) is 0 Å². The van der Waals surface area contributed by atoms with Gasteiger partial charge in [0.25, 0.3) is 0 Å². The van der Waals surface area contributed by atoms with Crippen molar-refractivity contribution in [2.75, 3.05) is 18.9 Å². The topological polar surface area (TPSA) is 66.5 Å². The van der Waals surface area contributed by atoms with Crippen molar-refractivity contribution >= 4 is 24.7 Å². The summed E-state index contributed by atoms with van der Waals surface area (Å²) in [5.74, 6) is 0. The van der Waals surface area contributed by atoms with E-state index >= 15 is 0 Å². The summed E-state index contributed by atoms with van der Waals surface area (Å²) >= 11 is -1.24. The van der Waals surface area contributed by atoms with Crippen LogP contribution in [0.2, 0.25) is 10.4 Å². The van der Waals surface area contributed by atoms with Crippen LogP contribution in [-0.4, -0.2) is 38.1 Å². The second-order valence-electron chi connectivity index (χ2n) is 3.03. The molecule has 0 heterocycles. The van der Waals surface area contributed by atoms with Gasteiger partial charge in [-0.2, -0.15) is 0 Å². The zero-order valence-electron chi connectivity index (χ0n) is 8.06. The molecule has 14 heavy (non-hydrogen) atoms. The summed E-state index contributed by atoms with van der Waals surface area (Å²) in [5.41, 5.74) is 6.35. The summed E-state index contributed by atoms with van der Waals surface area (Å²) < 4.78 is 1.27. The Morgan fingerprint density at radius 2 is 1.50 bits per heavy atom. The molecule has 4 heteroatoms. The van der Waals surface area contributed by atoms with E-state index in [9.17, 15) is 0 Å². The number of rotatable bonds is 5. The maximum atomic E-state index is 8.91. The van der Waals surface area contributed by atoms with E-state index in [4.69, 9.17) is 15.9 Å². The zero-order valence-corrected chi connectivity index (χ0v) is 9.93. The summed E-state index contributed by atoms with van der Waals surface area (Å²) in [7, 11) is 0. The van der Waals surface area contributed by atoms with Crippen LogP contribution in [-0.2, 0) is 0 Å². The second-order valence-corrected chi connectivity index (χ2v) is 8.25. The predicted molar refractivity (Wildman–Crippen MR) is 60.0 cm³/mol. The summed E-state index contributed by atoms with van der Waals surface area (Å²) in [5, 5.41) is 19.5. The van der Waals surface area contributed by atoms with Crippen molar-refractivity contribution in [3.63, 3.8) is 0 Å². The average Bonchev–Trinajstić information content (AvgIpc) is 2.19. The molecule has 1 aromatic carbocycles. The SMILES string of the molecule is Nc1ccc([As](CCO)CCO)cc1. The molecule has 1 rings (SSSR count). The Balaban J connectivity index is 2.71. The number of hydrogen-bond acceptors (Lipinski definition) is 3. The van der Waals surface area contributed by atoms with Crippen LogP contribution in [0.4, 0.5) is 5.69 Å². The minimum absolute atomic E-state index is 0.213. The van der Waals surface area contributed by atoms with Gasteiger partial charge in [-0.25, -0.2) is 0 Å². The third kappa shape index (κ3) is 3.33. The van der Waals surface area contributed by atoms with Crippen LogP contribution in [0.1, 0.15) is 0 Å². The van der Waals surface area contributed by atoms with Crippen LogP contribution in [0.5, 0.6) is 0 Å². The Labute approximate surface area is 88.8 Å². The van der Waals surface area contributed by atoms with Crippen molar-refractivity contribution in [1.82, 2.24) is 0 Å². The van der Waals surface area contributed by atoms with Crippen molar-refractivity contribution < 1.29 is 10.2 Å². The molecule has 0 aliphatic carbocycles. The zero-order chi connectivity index (χ0) is 10.4. The van der Waals surface area contributed by atoms with Gasteiger partial charge in [-0.1, -0.05) is 0 Å². The second kappa shape index (κ2) is 6.07. The molecular formula is C10H16AsNO2. The van der Waals surface area contributed by atoms with Crippen molar-refractivity contribution in [3.05, 3.63) is 24.3 Å². The van der Waals surface area contributed by atoms with Gasteiger partial charge < -0.3 is 0 Å². The van der Waals surface area contributed by atoms with Gasteiger partial charge in [0.2, 0.25) is 0 Å². The molecule has 3 nitrogen and oxygen atoms in total. The van der Waals surface area contributed by atoms with Gasteiger partial charge in [0, 0.05) is 0 Å². The van der Waals surface area contributed by atoms with Crippen molar-refractivity contribution in [2.24, 2.45) is 0 Å². The van der Waals surface area contributed by atoms with Crippen LogP contribution in [0.25, 0.3) is 0 Å². The Kier molecular flexibility index (Phi) is 5.02. The number of nitrogens with two attached hydrogens (primary N) is 1. The molecular weight excluding hydrogens is 241 g/mol. The summed E-state index contributed by atoms with van der Waals surface area (Å²) in [6, 6.07) is 7.79. The molecule has 0 aromatic heterocycles. The van der Waals surface area contributed by atoms with Crippen molar-refractivity contribution in [1.29, 1.82) is 0 Å². The molecule has 78 valence electrons. The average molecular weight is 257 g/mol. The van der Waals surface area contributed by atoms with E-state index in [0.29, 0.717) is 0 Å². The predicted octanol–water partition coefficient (Wildman–Crippen LogP) is -0.0448. The molecule has 0 aliphatic heterocycles. The number of anilines is 1. The first-order valence-electron chi connectivity index (χ1n) is 4.60. The van der Waals surface area contributed by atoms with Crippen LogP contribution < -0.4 is 10.1 Å². The maximum absolute atomic E-state index is 8.91. The number of nitrogen functional groups attached to an aromatic ring is 1. The van der Waals surface area contributed by atoms with E-state index in [-0.39, 0.29) is 13.2 Å². The van der Waals surface area contributed by atoms with Crippen LogP contribution in [0, 0.1) is 0 Å². The Hall–Kier alpha value is -0.502. The van der Waals surface area contributed by atoms with Gasteiger partial charge in [0.15, 0.2) is 0 Å². The van der Waals surface area contributed by atoms with Crippen LogP contribution in [0.15, 0.2) is 24.3 Å². The third-order valence-electron chi connectivity index (χ3n) is 2.00. The fraction of sp³-hybridized carbons (Fsp3) is 0.400. The first kappa shape index (κ1) is 11.6. The van der Waals surface area contributed by atoms with E-state index in [1.165, 1.54) is 4.35 Å². The van der Waals surface area contributed by atoms with E-state index in [1.54, 1.807) is 0 Å². The monoisotopic (exact) mass is 257 g/mol. The molecule has 0 saturated carbocycles. The number of hydrogen-bond donors (Lipinski definition) is 3. The molecule has 0 amide bonds. The molecule has 1 aromatic rings. The molecule has 0 atom stereocenters. The summed E-state index contributed by atoms with van der Waals surface area (Å²) in [6.45, 7) is 0.425. The number of benzene rings is 1. The van der Waals surface area contributed by atoms with Gasteiger partial charge in [0.05, 0.1) is 0 Å². The Morgan fingerprint density at radius 3 is 1.93 bits per heavy atom. The minimum atomic E-state index is -1.24. The fourth-order valence-electron chi connectivity index (χ4n) is 1.30. The molecule has 4 N–H and O–H groups in total. The Morgan fingerprint density at radius 1 is 1.00 bits per heavy atom. The van der Waals surface area contributed by atoms with E-state index in [1.807, 2.05) is 24.3 Å². The number of aliphatic hydroxyl groups is 2. The van der Waals surface area contributed by atoms with Crippen LogP contribution >= 0.6 is 0 Å². The normalized spacial score (nSPS) is 10.8. The molecule has 0 bridgehead atoms. The third-order valence-corrected chi connectivity index (χ3v) is 7.26. The molecule has 0 fully saturated rings. The number of aliphatic hydroxyl groups excluding tert-OH is 2. The van der Waals surface area contributed by atoms with Gasteiger partial charge in [-0.05, 0) is 0 Å². The van der Waals surface area contributed by atoms with Gasteiger partial charge in [-0.15, -0.1) is 0 Å². The van der Waals surface area contributed by atoms with E-state index in [0.717, 1.165) is 16.1 Å². The standard InChI is InChI=1S/C10H16AsNO2/c12-10-3-1-9(2-4-10)11(5-7-13)6-8-14/h1-4,13-14H,5-8,12H2. The first-order valence-corrected chi connectivity index (χ1v) is 8.19. The van der Waals surface area contributed by atoms with E-state index in [2.05, 4.69) is 0 Å². The molecule has 0 unspecified atom stereocenters.